The lowest BCUT2D eigenvalue weighted by Crippen LogP contribution is -2.22. The molecule has 0 saturated carbocycles. The number of nitriles is 1. The molecule has 0 aliphatic carbocycles. The lowest BCUT2D eigenvalue weighted by Gasteiger charge is -2.24. The van der Waals surface area contributed by atoms with Gasteiger partial charge in [0.1, 0.15) is 11.8 Å². The highest BCUT2D eigenvalue weighted by molar-refractivity contribution is 7.10. The van der Waals surface area contributed by atoms with Crippen molar-refractivity contribution >= 4 is 45.2 Å². The molecule has 1 N–H and O–H groups in total. The van der Waals surface area contributed by atoms with Crippen molar-refractivity contribution in [2.45, 2.75) is 20.4 Å². The summed E-state index contributed by atoms with van der Waals surface area (Å²) in [6, 6.07) is 17.5. The number of anilines is 2. The first-order chi connectivity index (χ1) is 15.0. The molecule has 0 spiro atoms. The van der Waals surface area contributed by atoms with Crippen LogP contribution in [0.4, 0.5) is 27.8 Å². The van der Waals surface area contributed by atoms with Gasteiger partial charge < -0.3 is 10.2 Å². The number of hydrogen-bond donors (Lipinski definition) is 1. The van der Waals surface area contributed by atoms with E-state index in [2.05, 4.69) is 48.7 Å². The van der Waals surface area contributed by atoms with Crippen molar-refractivity contribution in [3.63, 3.8) is 0 Å². The molecule has 8 nitrogen and oxygen atoms in total. The van der Waals surface area contributed by atoms with Crippen molar-refractivity contribution in [1.82, 2.24) is 4.37 Å². The van der Waals surface area contributed by atoms with Gasteiger partial charge in [-0.05, 0) is 42.2 Å². The van der Waals surface area contributed by atoms with Crippen LogP contribution in [-0.2, 0) is 11.3 Å². The molecular weight excluding hydrogens is 410 g/mol. The third-order valence-corrected chi connectivity index (χ3v) is 5.09. The molecular formula is C22H19N7OS. The number of carbonyl (C=O) groups excluding carboxylic acids is 1. The Balaban J connectivity index is 1.93. The van der Waals surface area contributed by atoms with E-state index in [1.54, 1.807) is 6.07 Å². The van der Waals surface area contributed by atoms with Crippen LogP contribution in [-0.4, -0.2) is 16.8 Å². The Morgan fingerprint density at radius 1 is 1.29 bits per heavy atom. The summed E-state index contributed by atoms with van der Waals surface area (Å²) in [7, 11) is 0. The zero-order valence-corrected chi connectivity index (χ0v) is 17.8. The van der Waals surface area contributed by atoms with E-state index in [-0.39, 0.29) is 22.3 Å². The summed E-state index contributed by atoms with van der Waals surface area (Å²) in [4.78, 5) is 17.2. The topological polar surface area (TPSA) is 98.1 Å². The number of nitrogens with zero attached hydrogens (tertiary/aromatic N) is 6. The summed E-state index contributed by atoms with van der Waals surface area (Å²) < 4.78 is 3.91. The highest BCUT2D eigenvalue weighted by atomic mass is 32.1. The number of amides is 1. The maximum Gasteiger partial charge on any atom is 0.262 e. The van der Waals surface area contributed by atoms with Crippen molar-refractivity contribution in [3.8, 4) is 6.07 Å². The molecule has 3 rings (SSSR count). The van der Waals surface area contributed by atoms with Gasteiger partial charge in [0.15, 0.2) is 10.7 Å². The molecule has 0 aliphatic rings. The molecule has 9 heteroatoms. The third-order valence-electron chi connectivity index (χ3n) is 4.37. The normalized spacial score (nSPS) is 10.5. The summed E-state index contributed by atoms with van der Waals surface area (Å²) in [6.45, 7) is 12.2. The van der Waals surface area contributed by atoms with E-state index in [0.717, 1.165) is 30.3 Å². The van der Waals surface area contributed by atoms with Crippen LogP contribution in [0.15, 0.2) is 58.8 Å². The van der Waals surface area contributed by atoms with Gasteiger partial charge in [0.2, 0.25) is 5.91 Å². The largest absolute Gasteiger partial charge is 0.367 e. The molecule has 0 fully saturated rings. The number of nitrogens with one attached hydrogen (secondary N) is 1. The van der Waals surface area contributed by atoms with Crippen LogP contribution in [0.1, 0.15) is 25.1 Å². The zero-order valence-electron chi connectivity index (χ0n) is 17.0. The standard InChI is InChI=1S/C22H19N7OS/c1-4-29(14-16-8-6-5-7-9-16)17-10-11-18(19(12-17)25-15(2)30)26-27-22-21(24-3)20(13-23)28-31-22/h5-12H,4,14H2,1-2H3,(H,25,30). The number of rotatable bonds is 7. The van der Waals surface area contributed by atoms with Crippen molar-refractivity contribution in [2.24, 2.45) is 10.2 Å². The van der Waals surface area contributed by atoms with E-state index >= 15 is 0 Å². The van der Waals surface area contributed by atoms with Gasteiger partial charge in [0, 0.05) is 25.7 Å². The maximum absolute atomic E-state index is 11.7. The molecule has 0 unspecified atom stereocenters. The Labute approximate surface area is 184 Å². The van der Waals surface area contributed by atoms with Crippen molar-refractivity contribution in [1.29, 1.82) is 5.26 Å². The SMILES string of the molecule is [C-]#[N+]c1c(C#N)nsc1N=Nc1ccc(N(CC)Cc2ccccc2)cc1NC(C)=O. The van der Waals surface area contributed by atoms with Crippen LogP contribution < -0.4 is 10.2 Å². The van der Waals surface area contributed by atoms with Gasteiger partial charge in [-0.25, -0.2) is 4.85 Å². The second-order valence-electron chi connectivity index (χ2n) is 6.49. The Hall–Kier alpha value is -4.08. The smallest absolute Gasteiger partial charge is 0.262 e. The van der Waals surface area contributed by atoms with Crippen molar-refractivity contribution in [3.05, 3.63) is 71.2 Å². The fourth-order valence-corrected chi connectivity index (χ4v) is 3.51. The third kappa shape index (κ3) is 5.30. The van der Waals surface area contributed by atoms with Crippen LogP contribution in [0.5, 0.6) is 0 Å². The second kappa shape index (κ2) is 10.1. The molecule has 0 radical (unpaired) electrons. The minimum atomic E-state index is -0.230. The van der Waals surface area contributed by atoms with Gasteiger partial charge in [-0.3, -0.25) is 4.79 Å². The molecule has 3 aromatic rings. The first-order valence-corrected chi connectivity index (χ1v) is 10.2. The summed E-state index contributed by atoms with van der Waals surface area (Å²) in [5.74, 6) is -0.230. The molecule has 2 aromatic carbocycles. The van der Waals surface area contributed by atoms with E-state index in [9.17, 15) is 4.79 Å². The molecule has 1 amide bonds. The Morgan fingerprint density at radius 3 is 2.71 bits per heavy atom. The number of azo groups is 1. The summed E-state index contributed by atoms with van der Waals surface area (Å²) in [5.41, 5.74) is 3.17. The quantitative estimate of drug-likeness (QED) is 0.370. The minimum Gasteiger partial charge on any atom is -0.367 e. The molecule has 0 atom stereocenters. The minimum absolute atomic E-state index is 0.0332. The van der Waals surface area contributed by atoms with Crippen LogP contribution >= 0.6 is 11.5 Å². The number of carbonyl (C=O) groups is 1. The summed E-state index contributed by atoms with van der Waals surface area (Å²) in [6.07, 6.45) is 0. The highest BCUT2D eigenvalue weighted by Crippen LogP contribution is 2.38. The number of benzene rings is 2. The Kier molecular flexibility index (Phi) is 7.05. The average molecular weight is 430 g/mol. The highest BCUT2D eigenvalue weighted by Gasteiger charge is 2.14. The van der Waals surface area contributed by atoms with Crippen LogP contribution in [0, 0.1) is 17.9 Å². The van der Waals surface area contributed by atoms with Gasteiger partial charge in [0.25, 0.3) is 5.69 Å². The van der Waals surface area contributed by atoms with E-state index in [0.29, 0.717) is 11.4 Å². The Bertz CT molecular complexity index is 1190. The van der Waals surface area contributed by atoms with Gasteiger partial charge >= 0.3 is 0 Å². The summed E-state index contributed by atoms with van der Waals surface area (Å²) >= 11 is 0.935. The fraction of sp³-hybridized carbons (Fsp3) is 0.182. The lowest BCUT2D eigenvalue weighted by molar-refractivity contribution is -0.114. The predicted molar refractivity (Wildman–Crippen MR) is 121 cm³/mol. The van der Waals surface area contributed by atoms with E-state index < -0.39 is 0 Å². The monoisotopic (exact) mass is 429 g/mol. The number of aromatic nitrogens is 1. The second-order valence-corrected chi connectivity index (χ2v) is 7.24. The predicted octanol–water partition coefficient (Wildman–Crippen LogP) is 5.97. The van der Waals surface area contributed by atoms with Crippen LogP contribution in [0.3, 0.4) is 0 Å². The molecule has 154 valence electrons. The fourth-order valence-electron chi connectivity index (χ4n) is 2.90. The molecule has 0 bridgehead atoms. The Morgan fingerprint density at radius 2 is 2.06 bits per heavy atom. The first-order valence-electron chi connectivity index (χ1n) is 9.45. The van der Waals surface area contributed by atoms with Gasteiger partial charge in [-0.1, -0.05) is 30.3 Å². The van der Waals surface area contributed by atoms with Gasteiger partial charge in [0.05, 0.1) is 12.3 Å². The maximum atomic E-state index is 11.7. The number of hydrogen-bond acceptors (Lipinski definition) is 7. The average Bonchev–Trinajstić information content (AvgIpc) is 3.19. The molecule has 0 aliphatic heterocycles. The van der Waals surface area contributed by atoms with E-state index in [4.69, 9.17) is 11.8 Å². The van der Waals surface area contributed by atoms with Gasteiger partial charge in [-0.15, -0.1) is 10.2 Å². The molecule has 1 aromatic heterocycles. The van der Waals surface area contributed by atoms with Gasteiger partial charge in [-0.2, -0.15) is 9.64 Å². The molecule has 31 heavy (non-hydrogen) atoms. The van der Waals surface area contributed by atoms with Crippen molar-refractivity contribution < 1.29 is 4.79 Å². The first kappa shape index (κ1) is 21.6. The van der Waals surface area contributed by atoms with Crippen LogP contribution in [0.2, 0.25) is 0 Å². The molecule has 1 heterocycles. The summed E-state index contributed by atoms with van der Waals surface area (Å²) in [5, 5.41) is 20.4. The van der Waals surface area contributed by atoms with E-state index in [1.807, 2.05) is 36.4 Å². The lowest BCUT2D eigenvalue weighted by atomic mass is 10.1. The zero-order chi connectivity index (χ0) is 22.2. The molecule has 0 saturated heterocycles. The van der Waals surface area contributed by atoms with Crippen LogP contribution in [0.25, 0.3) is 4.85 Å². The van der Waals surface area contributed by atoms with Crippen molar-refractivity contribution in [2.75, 3.05) is 16.8 Å². The van der Waals surface area contributed by atoms with E-state index in [1.165, 1.54) is 12.5 Å².